The van der Waals surface area contributed by atoms with E-state index in [9.17, 15) is 4.79 Å². The lowest BCUT2D eigenvalue weighted by Crippen LogP contribution is -2.49. The average Bonchev–Trinajstić information content (AvgIpc) is 2.80. The van der Waals surface area contributed by atoms with Crippen molar-refractivity contribution in [2.45, 2.75) is 12.5 Å². The fraction of sp³-hybridized carbons (Fsp3) is 0.545. The minimum absolute atomic E-state index is 0.0396. The molecular weight excluding hydrogens is 224 g/mol. The van der Waals surface area contributed by atoms with Crippen molar-refractivity contribution in [2.75, 3.05) is 25.1 Å². The maximum Gasteiger partial charge on any atom is 0.310 e. The number of rotatable bonds is 2. The van der Waals surface area contributed by atoms with E-state index < -0.39 is 0 Å². The summed E-state index contributed by atoms with van der Waals surface area (Å²) in [5, 5.41) is 4.11. The highest BCUT2D eigenvalue weighted by Gasteiger charge is 2.30. The van der Waals surface area contributed by atoms with E-state index in [1.807, 2.05) is 5.38 Å². The fourth-order valence-electron chi connectivity index (χ4n) is 2.12. The van der Waals surface area contributed by atoms with Gasteiger partial charge in [0.05, 0.1) is 13.0 Å². The van der Waals surface area contributed by atoms with Gasteiger partial charge in [-0.1, -0.05) is 0 Å². The molecule has 1 aromatic heterocycles. The number of methoxy groups -OCH3 is 1. The third-order valence-corrected chi connectivity index (χ3v) is 3.56. The molecule has 0 aliphatic carbocycles. The Hall–Kier alpha value is -1.07. The van der Waals surface area contributed by atoms with Crippen LogP contribution in [0.25, 0.3) is 0 Å². The van der Waals surface area contributed by atoms with Crippen molar-refractivity contribution in [3.05, 3.63) is 16.8 Å². The maximum atomic E-state index is 11.5. The van der Waals surface area contributed by atoms with Crippen LogP contribution in [0.4, 0.5) is 5.69 Å². The van der Waals surface area contributed by atoms with Gasteiger partial charge in [0.2, 0.25) is 0 Å². The molecule has 2 atom stereocenters. The van der Waals surface area contributed by atoms with E-state index in [4.69, 9.17) is 10.5 Å². The van der Waals surface area contributed by atoms with E-state index in [1.54, 1.807) is 11.3 Å². The molecule has 1 aliphatic rings. The van der Waals surface area contributed by atoms with Gasteiger partial charge in [0.15, 0.2) is 0 Å². The van der Waals surface area contributed by atoms with Gasteiger partial charge in [-0.25, -0.2) is 0 Å². The van der Waals surface area contributed by atoms with Crippen molar-refractivity contribution in [1.82, 2.24) is 0 Å². The van der Waals surface area contributed by atoms with Gasteiger partial charge in [0.1, 0.15) is 0 Å². The SMILES string of the molecule is COC(=O)C1CC(N)CN(c2ccsc2)C1. The molecule has 16 heavy (non-hydrogen) atoms. The van der Waals surface area contributed by atoms with Crippen LogP contribution in [0.2, 0.25) is 0 Å². The molecule has 1 fully saturated rings. The van der Waals surface area contributed by atoms with Crippen LogP contribution in [0.3, 0.4) is 0 Å². The van der Waals surface area contributed by atoms with Crippen LogP contribution < -0.4 is 10.6 Å². The summed E-state index contributed by atoms with van der Waals surface area (Å²) in [4.78, 5) is 13.7. The first-order valence-electron chi connectivity index (χ1n) is 5.31. The molecule has 2 unspecified atom stereocenters. The molecule has 1 aromatic rings. The Morgan fingerprint density at radius 3 is 3.06 bits per heavy atom. The van der Waals surface area contributed by atoms with Gasteiger partial charge < -0.3 is 15.4 Å². The highest BCUT2D eigenvalue weighted by Crippen LogP contribution is 2.25. The Balaban J connectivity index is 2.08. The Bertz CT molecular complexity index is 353. The van der Waals surface area contributed by atoms with Crippen LogP contribution in [0.5, 0.6) is 0 Å². The summed E-state index contributed by atoms with van der Waals surface area (Å²) in [6.45, 7) is 1.52. The molecule has 2 rings (SSSR count). The molecule has 4 nitrogen and oxygen atoms in total. The lowest BCUT2D eigenvalue weighted by molar-refractivity contribution is -0.145. The second-order valence-electron chi connectivity index (χ2n) is 4.10. The molecule has 0 saturated carbocycles. The van der Waals surface area contributed by atoms with Gasteiger partial charge in [0, 0.05) is 30.2 Å². The van der Waals surface area contributed by atoms with Gasteiger partial charge in [-0.2, -0.15) is 11.3 Å². The highest BCUT2D eigenvalue weighted by atomic mass is 32.1. The van der Waals surface area contributed by atoms with Crippen LogP contribution in [0.1, 0.15) is 6.42 Å². The topological polar surface area (TPSA) is 55.6 Å². The Morgan fingerprint density at radius 2 is 2.44 bits per heavy atom. The Kier molecular flexibility index (Phi) is 3.46. The minimum Gasteiger partial charge on any atom is -0.469 e. The van der Waals surface area contributed by atoms with Gasteiger partial charge in [-0.3, -0.25) is 4.79 Å². The molecule has 0 radical (unpaired) electrons. The van der Waals surface area contributed by atoms with Crippen LogP contribution in [0, 0.1) is 5.92 Å². The summed E-state index contributed by atoms with van der Waals surface area (Å²) >= 11 is 1.65. The molecule has 2 heterocycles. The summed E-state index contributed by atoms with van der Waals surface area (Å²) in [7, 11) is 1.43. The zero-order chi connectivity index (χ0) is 11.5. The van der Waals surface area contributed by atoms with E-state index in [0.29, 0.717) is 13.0 Å². The standard InChI is InChI=1S/C11H16N2O2S/c1-15-11(14)8-4-9(12)6-13(5-8)10-2-3-16-7-10/h2-3,7-9H,4-6,12H2,1H3. The van der Waals surface area contributed by atoms with Crippen LogP contribution in [-0.4, -0.2) is 32.2 Å². The van der Waals surface area contributed by atoms with Crippen molar-refractivity contribution in [3.63, 3.8) is 0 Å². The summed E-state index contributed by atoms with van der Waals surface area (Å²) < 4.78 is 4.79. The maximum absolute atomic E-state index is 11.5. The van der Waals surface area contributed by atoms with Crippen LogP contribution >= 0.6 is 11.3 Å². The number of piperidine rings is 1. The largest absolute Gasteiger partial charge is 0.469 e. The third-order valence-electron chi connectivity index (χ3n) is 2.89. The van der Waals surface area contributed by atoms with E-state index >= 15 is 0 Å². The first-order valence-corrected chi connectivity index (χ1v) is 6.25. The fourth-order valence-corrected chi connectivity index (χ4v) is 2.79. The number of nitrogens with zero attached hydrogens (tertiary/aromatic N) is 1. The molecule has 2 N–H and O–H groups in total. The van der Waals surface area contributed by atoms with E-state index in [2.05, 4.69) is 16.3 Å². The van der Waals surface area contributed by atoms with Crippen LogP contribution in [0.15, 0.2) is 16.8 Å². The third kappa shape index (κ3) is 2.36. The predicted octanol–water partition coefficient (Wildman–Crippen LogP) is 1.07. The monoisotopic (exact) mass is 240 g/mol. The predicted molar refractivity (Wildman–Crippen MR) is 64.6 cm³/mol. The van der Waals surface area contributed by atoms with Gasteiger partial charge in [-0.05, 0) is 17.9 Å². The summed E-state index contributed by atoms with van der Waals surface area (Å²) in [5.74, 6) is -0.260. The lowest BCUT2D eigenvalue weighted by atomic mass is 9.94. The van der Waals surface area contributed by atoms with Crippen molar-refractivity contribution in [3.8, 4) is 0 Å². The zero-order valence-electron chi connectivity index (χ0n) is 9.26. The van der Waals surface area contributed by atoms with Crippen LogP contribution in [-0.2, 0) is 9.53 Å². The first-order chi connectivity index (χ1) is 7.70. The minimum atomic E-state index is -0.157. The summed E-state index contributed by atoms with van der Waals surface area (Å²) in [6.07, 6.45) is 0.716. The number of carbonyl (C=O) groups excluding carboxylic acids is 1. The van der Waals surface area contributed by atoms with Gasteiger partial charge in [-0.15, -0.1) is 0 Å². The van der Waals surface area contributed by atoms with E-state index in [-0.39, 0.29) is 17.9 Å². The zero-order valence-corrected chi connectivity index (χ0v) is 10.1. The smallest absolute Gasteiger partial charge is 0.310 e. The normalized spacial score (nSPS) is 25.5. The highest BCUT2D eigenvalue weighted by molar-refractivity contribution is 7.08. The molecule has 1 aliphatic heterocycles. The molecule has 0 aromatic carbocycles. The molecule has 5 heteroatoms. The lowest BCUT2D eigenvalue weighted by Gasteiger charge is -2.35. The number of ether oxygens (including phenoxy) is 1. The molecule has 88 valence electrons. The van der Waals surface area contributed by atoms with Crippen molar-refractivity contribution >= 4 is 23.0 Å². The number of anilines is 1. The Labute approximate surface area is 99.0 Å². The molecule has 0 bridgehead atoms. The molecular formula is C11H16N2O2S. The second kappa shape index (κ2) is 4.84. The quantitative estimate of drug-likeness (QED) is 0.786. The summed E-state index contributed by atoms with van der Waals surface area (Å²) in [5.41, 5.74) is 7.12. The molecule has 0 spiro atoms. The van der Waals surface area contributed by atoms with Crippen molar-refractivity contribution in [1.29, 1.82) is 0 Å². The molecule has 1 saturated heterocycles. The van der Waals surface area contributed by atoms with Crippen molar-refractivity contribution in [2.24, 2.45) is 11.7 Å². The van der Waals surface area contributed by atoms with Crippen molar-refractivity contribution < 1.29 is 9.53 Å². The number of hydrogen-bond donors (Lipinski definition) is 1. The second-order valence-corrected chi connectivity index (χ2v) is 4.88. The number of esters is 1. The van der Waals surface area contributed by atoms with E-state index in [1.165, 1.54) is 7.11 Å². The number of hydrogen-bond acceptors (Lipinski definition) is 5. The number of nitrogens with two attached hydrogens (primary N) is 1. The average molecular weight is 240 g/mol. The van der Waals surface area contributed by atoms with Gasteiger partial charge in [0.25, 0.3) is 0 Å². The first kappa shape index (κ1) is 11.4. The van der Waals surface area contributed by atoms with E-state index in [0.717, 1.165) is 12.2 Å². The number of thiophene rings is 1. The Morgan fingerprint density at radius 1 is 1.62 bits per heavy atom. The number of carbonyl (C=O) groups is 1. The van der Waals surface area contributed by atoms with Gasteiger partial charge >= 0.3 is 5.97 Å². The molecule has 0 amide bonds. The summed E-state index contributed by atoms with van der Waals surface area (Å²) in [6, 6.07) is 2.09.